The molecule has 0 fully saturated rings. The van der Waals surface area contributed by atoms with E-state index in [9.17, 15) is 5.11 Å². The molecule has 0 spiro atoms. The number of methoxy groups -OCH3 is 2. The van der Waals surface area contributed by atoms with Crippen LogP contribution < -0.4 is 9.47 Å². The maximum absolute atomic E-state index is 10.3. The lowest BCUT2D eigenvalue weighted by atomic mass is 10.1. The molecule has 0 bridgehead atoms. The Morgan fingerprint density at radius 3 is 2.29 bits per heavy atom. The average molecular weight is 339 g/mol. The number of ether oxygens (including phenoxy) is 3. The summed E-state index contributed by atoms with van der Waals surface area (Å²) in [6.07, 6.45) is -0.389. The summed E-state index contributed by atoms with van der Waals surface area (Å²) in [6.45, 7) is 10.8. The first-order chi connectivity index (χ1) is 11.4. The predicted molar refractivity (Wildman–Crippen MR) is 96.8 cm³/mol. The molecule has 1 N–H and O–H groups in total. The number of hydrogen-bond acceptors (Lipinski definition) is 5. The molecular weight excluding hydrogens is 306 g/mol. The van der Waals surface area contributed by atoms with Gasteiger partial charge in [0, 0.05) is 25.2 Å². The van der Waals surface area contributed by atoms with E-state index in [1.807, 2.05) is 32.0 Å². The Labute approximate surface area is 146 Å². The van der Waals surface area contributed by atoms with E-state index >= 15 is 0 Å². The van der Waals surface area contributed by atoms with Gasteiger partial charge in [0.05, 0.1) is 33.0 Å². The van der Waals surface area contributed by atoms with Gasteiger partial charge >= 0.3 is 0 Å². The minimum Gasteiger partial charge on any atom is -0.493 e. The summed E-state index contributed by atoms with van der Waals surface area (Å²) >= 11 is 0. The van der Waals surface area contributed by atoms with E-state index in [0.29, 0.717) is 25.6 Å². The number of nitrogens with zero attached hydrogens (tertiary/aromatic N) is 1. The van der Waals surface area contributed by atoms with Gasteiger partial charge in [-0.1, -0.05) is 26.0 Å². The second-order valence-corrected chi connectivity index (χ2v) is 6.78. The molecule has 24 heavy (non-hydrogen) atoms. The third-order valence-electron chi connectivity index (χ3n) is 3.59. The molecule has 0 saturated carbocycles. The van der Waals surface area contributed by atoms with Gasteiger partial charge in [-0.05, 0) is 25.8 Å². The molecule has 0 saturated heterocycles. The number of benzene rings is 1. The number of rotatable bonds is 11. The molecule has 1 atom stereocenters. The molecule has 0 unspecified atom stereocenters. The summed E-state index contributed by atoms with van der Waals surface area (Å²) < 4.78 is 16.4. The average Bonchev–Trinajstić information content (AvgIpc) is 2.51. The molecule has 1 rings (SSSR count). The standard InChI is InChI=1S/C19H33NO4/c1-14(2)10-20(12-17(21)13-24-15(3)4)11-16-8-7-9-18(22-5)19(16)23-6/h7-9,14-15,17,21H,10-13H2,1-6H3/t17-/m0/s1. The zero-order valence-corrected chi connectivity index (χ0v) is 15.9. The van der Waals surface area contributed by atoms with Crippen molar-refractivity contribution >= 4 is 0 Å². The van der Waals surface area contributed by atoms with Crippen molar-refractivity contribution in [2.75, 3.05) is 33.9 Å². The Morgan fingerprint density at radius 1 is 1.04 bits per heavy atom. The highest BCUT2D eigenvalue weighted by Gasteiger charge is 2.17. The van der Waals surface area contributed by atoms with Crippen LogP contribution in [0.2, 0.25) is 0 Å². The van der Waals surface area contributed by atoms with Gasteiger partial charge < -0.3 is 19.3 Å². The number of aliphatic hydroxyl groups excluding tert-OH is 1. The summed E-state index contributed by atoms with van der Waals surface area (Å²) in [6, 6.07) is 5.88. The molecule has 5 heteroatoms. The van der Waals surface area contributed by atoms with Crippen LogP contribution >= 0.6 is 0 Å². The molecule has 0 heterocycles. The predicted octanol–water partition coefficient (Wildman–Crippen LogP) is 2.95. The molecule has 0 aliphatic carbocycles. The Kier molecular flexibility index (Phi) is 9.11. The fourth-order valence-corrected chi connectivity index (χ4v) is 2.69. The molecule has 0 aliphatic rings. The quantitative estimate of drug-likeness (QED) is 0.672. The first-order valence-corrected chi connectivity index (χ1v) is 8.59. The van der Waals surface area contributed by atoms with Gasteiger partial charge in [0.2, 0.25) is 0 Å². The van der Waals surface area contributed by atoms with Crippen molar-refractivity contribution in [2.45, 2.75) is 46.4 Å². The monoisotopic (exact) mass is 339 g/mol. The highest BCUT2D eigenvalue weighted by molar-refractivity contribution is 5.46. The number of para-hydroxylation sites is 1. The van der Waals surface area contributed by atoms with Gasteiger partial charge in [0.15, 0.2) is 11.5 Å². The molecular formula is C19H33NO4. The molecule has 0 amide bonds. The van der Waals surface area contributed by atoms with Crippen molar-refractivity contribution in [3.8, 4) is 11.5 Å². The molecule has 5 nitrogen and oxygen atoms in total. The van der Waals surface area contributed by atoms with Crippen molar-refractivity contribution in [3.63, 3.8) is 0 Å². The highest BCUT2D eigenvalue weighted by Crippen LogP contribution is 2.31. The summed E-state index contributed by atoms with van der Waals surface area (Å²) in [5.74, 6) is 1.98. The van der Waals surface area contributed by atoms with Crippen molar-refractivity contribution in [1.29, 1.82) is 0 Å². The van der Waals surface area contributed by atoms with Crippen molar-refractivity contribution in [2.24, 2.45) is 5.92 Å². The first kappa shape index (κ1) is 20.7. The lowest BCUT2D eigenvalue weighted by Crippen LogP contribution is -2.37. The maximum Gasteiger partial charge on any atom is 0.165 e. The third-order valence-corrected chi connectivity index (χ3v) is 3.59. The molecule has 0 aromatic heterocycles. The number of hydrogen-bond donors (Lipinski definition) is 1. The van der Waals surface area contributed by atoms with E-state index in [-0.39, 0.29) is 6.10 Å². The number of aliphatic hydroxyl groups is 1. The normalized spacial score (nSPS) is 12.9. The van der Waals surface area contributed by atoms with Crippen LogP contribution in [0.3, 0.4) is 0 Å². The van der Waals surface area contributed by atoms with Gasteiger partial charge in [-0.2, -0.15) is 0 Å². The fraction of sp³-hybridized carbons (Fsp3) is 0.684. The van der Waals surface area contributed by atoms with Crippen LogP contribution in [0.25, 0.3) is 0 Å². The van der Waals surface area contributed by atoms with Crippen molar-refractivity contribution in [3.05, 3.63) is 23.8 Å². The first-order valence-electron chi connectivity index (χ1n) is 8.59. The Hall–Kier alpha value is -1.30. The Bertz CT molecular complexity index is 476. The van der Waals surface area contributed by atoms with Gasteiger partial charge in [0.25, 0.3) is 0 Å². The van der Waals surface area contributed by atoms with Gasteiger partial charge in [-0.3, -0.25) is 4.90 Å². The highest BCUT2D eigenvalue weighted by atomic mass is 16.5. The summed E-state index contributed by atoms with van der Waals surface area (Å²) in [4.78, 5) is 2.23. The smallest absolute Gasteiger partial charge is 0.165 e. The molecule has 0 aliphatic heterocycles. The van der Waals surface area contributed by atoms with Gasteiger partial charge in [0.1, 0.15) is 0 Å². The van der Waals surface area contributed by atoms with Crippen LogP contribution in [0.5, 0.6) is 11.5 Å². The fourth-order valence-electron chi connectivity index (χ4n) is 2.69. The van der Waals surface area contributed by atoms with E-state index in [2.05, 4.69) is 18.7 Å². The molecule has 1 aromatic rings. The van der Waals surface area contributed by atoms with Crippen LogP contribution in [0.15, 0.2) is 18.2 Å². The summed E-state index contributed by atoms with van der Waals surface area (Å²) in [5.41, 5.74) is 1.05. The largest absolute Gasteiger partial charge is 0.493 e. The van der Waals surface area contributed by atoms with E-state index in [1.54, 1.807) is 14.2 Å². The summed E-state index contributed by atoms with van der Waals surface area (Å²) in [5, 5.41) is 10.3. The second-order valence-electron chi connectivity index (χ2n) is 6.78. The lowest BCUT2D eigenvalue weighted by Gasteiger charge is -2.28. The molecule has 0 radical (unpaired) electrons. The topological polar surface area (TPSA) is 51.2 Å². The Morgan fingerprint density at radius 2 is 1.75 bits per heavy atom. The van der Waals surface area contributed by atoms with E-state index in [0.717, 1.165) is 23.6 Å². The minimum absolute atomic E-state index is 0.122. The van der Waals surface area contributed by atoms with Crippen LogP contribution in [-0.2, 0) is 11.3 Å². The maximum atomic E-state index is 10.3. The SMILES string of the molecule is COc1cccc(CN(CC(C)C)C[C@H](O)COC(C)C)c1OC. The van der Waals surface area contributed by atoms with Crippen LogP contribution in [-0.4, -0.2) is 56.1 Å². The lowest BCUT2D eigenvalue weighted by molar-refractivity contribution is -0.0109. The molecule has 1 aromatic carbocycles. The molecule has 138 valence electrons. The summed E-state index contributed by atoms with van der Waals surface area (Å²) in [7, 11) is 3.29. The Balaban J connectivity index is 2.82. The van der Waals surface area contributed by atoms with Gasteiger partial charge in [-0.25, -0.2) is 0 Å². The minimum atomic E-state index is -0.511. The van der Waals surface area contributed by atoms with Gasteiger partial charge in [-0.15, -0.1) is 0 Å². The zero-order valence-electron chi connectivity index (χ0n) is 15.9. The van der Waals surface area contributed by atoms with Crippen LogP contribution in [0, 0.1) is 5.92 Å². The van der Waals surface area contributed by atoms with Crippen LogP contribution in [0.1, 0.15) is 33.3 Å². The van der Waals surface area contributed by atoms with E-state index in [4.69, 9.17) is 14.2 Å². The van der Waals surface area contributed by atoms with Crippen molar-refractivity contribution in [1.82, 2.24) is 4.90 Å². The zero-order chi connectivity index (χ0) is 18.1. The van der Waals surface area contributed by atoms with Crippen LogP contribution in [0.4, 0.5) is 0 Å². The van der Waals surface area contributed by atoms with E-state index in [1.165, 1.54) is 0 Å². The van der Waals surface area contributed by atoms with E-state index < -0.39 is 6.10 Å². The second kappa shape index (κ2) is 10.5. The third kappa shape index (κ3) is 7.07. The van der Waals surface area contributed by atoms with Crippen molar-refractivity contribution < 1.29 is 19.3 Å².